The minimum atomic E-state index is -1.82. The molecule has 182 valence electrons. The van der Waals surface area contributed by atoms with Gasteiger partial charge in [0.1, 0.15) is 24.9 Å². The predicted molar refractivity (Wildman–Crippen MR) is 124 cm³/mol. The fourth-order valence-corrected chi connectivity index (χ4v) is 3.73. The Kier molecular flexibility index (Phi) is 8.90. The van der Waals surface area contributed by atoms with Crippen molar-refractivity contribution in [2.75, 3.05) is 11.9 Å². The van der Waals surface area contributed by atoms with Crippen LogP contribution in [-0.4, -0.2) is 64.6 Å². The highest BCUT2D eigenvalue weighted by molar-refractivity contribution is 6.39. The molecular weight excluding hydrogens is 489 g/mol. The highest BCUT2D eigenvalue weighted by Crippen LogP contribution is 2.34. The Bertz CT molecular complexity index is 1030. The van der Waals surface area contributed by atoms with Crippen LogP contribution in [0, 0.1) is 0 Å². The number of aliphatic hydroxyl groups is 3. The van der Waals surface area contributed by atoms with E-state index < -0.39 is 42.6 Å². The SMILES string of the molecule is C=CCOC(=O)[C@H]1O[C@@H](OC(=O)Cc2ccccc2Nc2c(Cl)cccc2Cl)[C@H](O)[C@@H](O)[C@@H]1O. The maximum Gasteiger partial charge on any atom is 0.338 e. The number of benzene rings is 2. The van der Waals surface area contributed by atoms with Crippen molar-refractivity contribution in [2.45, 2.75) is 37.1 Å². The number of carbonyl (C=O) groups is 2. The normalized spacial score (nSPS) is 24.2. The van der Waals surface area contributed by atoms with E-state index in [9.17, 15) is 24.9 Å². The van der Waals surface area contributed by atoms with Crippen LogP contribution >= 0.6 is 23.2 Å². The molecule has 0 aliphatic carbocycles. The van der Waals surface area contributed by atoms with Gasteiger partial charge in [-0.25, -0.2) is 4.79 Å². The highest BCUT2D eigenvalue weighted by atomic mass is 35.5. The average molecular weight is 512 g/mol. The molecule has 2 aromatic carbocycles. The number of rotatable bonds is 8. The molecule has 0 amide bonds. The molecule has 3 rings (SSSR count). The summed E-state index contributed by atoms with van der Waals surface area (Å²) in [4.78, 5) is 24.7. The predicted octanol–water partition coefficient (Wildman–Crippen LogP) is 2.36. The van der Waals surface area contributed by atoms with Crippen LogP contribution in [0.2, 0.25) is 10.0 Å². The van der Waals surface area contributed by atoms with E-state index >= 15 is 0 Å². The third kappa shape index (κ3) is 6.06. The van der Waals surface area contributed by atoms with Crippen molar-refractivity contribution in [3.63, 3.8) is 0 Å². The second kappa shape index (κ2) is 11.7. The molecule has 1 saturated heterocycles. The number of para-hydroxylation sites is 2. The van der Waals surface area contributed by atoms with Crippen molar-refractivity contribution in [1.29, 1.82) is 0 Å². The van der Waals surface area contributed by atoms with Gasteiger partial charge in [-0.05, 0) is 23.8 Å². The number of nitrogens with one attached hydrogen (secondary N) is 1. The molecule has 2 aromatic rings. The van der Waals surface area contributed by atoms with Crippen molar-refractivity contribution >= 4 is 46.5 Å². The zero-order valence-electron chi connectivity index (χ0n) is 17.8. The number of hydrogen-bond acceptors (Lipinski definition) is 9. The monoisotopic (exact) mass is 511 g/mol. The summed E-state index contributed by atoms with van der Waals surface area (Å²) < 4.78 is 15.2. The molecule has 0 saturated carbocycles. The minimum absolute atomic E-state index is 0.159. The molecular formula is C23H23Cl2NO8. The summed E-state index contributed by atoms with van der Waals surface area (Å²) >= 11 is 12.4. The largest absolute Gasteiger partial charge is 0.459 e. The Morgan fingerprint density at radius 2 is 1.71 bits per heavy atom. The molecule has 1 heterocycles. The van der Waals surface area contributed by atoms with Crippen molar-refractivity contribution in [3.8, 4) is 0 Å². The molecule has 1 aliphatic heterocycles. The molecule has 0 radical (unpaired) electrons. The first kappa shape index (κ1) is 26.0. The van der Waals surface area contributed by atoms with E-state index in [1.54, 1.807) is 42.5 Å². The lowest BCUT2D eigenvalue weighted by Crippen LogP contribution is -2.61. The Hall–Kier alpha value is -2.66. The molecule has 9 nitrogen and oxygen atoms in total. The van der Waals surface area contributed by atoms with Gasteiger partial charge in [-0.15, -0.1) is 0 Å². The number of anilines is 2. The Balaban J connectivity index is 1.71. The maximum atomic E-state index is 12.6. The van der Waals surface area contributed by atoms with Crippen LogP contribution in [0.4, 0.5) is 11.4 Å². The standard InChI is InChI=1S/C23H23Cl2NO8/c1-2-10-32-22(31)21-19(29)18(28)20(30)23(34-21)33-16(27)11-12-6-3-4-9-15(12)26-17-13(24)7-5-8-14(17)25/h2-9,18-21,23,26,28-30H,1,10-11H2/t18-,19-,20+,21-,23+/m0/s1. The smallest absolute Gasteiger partial charge is 0.338 e. The molecule has 0 aromatic heterocycles. The van der Waals surface area contributed by atoms with Crippen molar-refractivity contribution in [3.05, 3.63) is 70.7 Å². The van der Waals surface area contributed by atoms with E-state index in [-0.39, 0.29) is 13.0 Å². The van der Waals surface area contributed by atoms with Crippen LogP contribution in [0.25, 0.3) is 0 Å². The van der Waals surface area contributed by atoms with Gasteiger partial charge in [-0.2, -0.15) is 0 Å². The number of esters is 2. The van der Waals surface area contributed by atoms with Gasteiger partial charge in [0.05, 0.1) is 22.2 Å². The Morgan fingerprint density at radius 1 is 1.03 bits per heavy atom. The van der Waals surface area contributed by atoms with Crippen molar-refractivity contribution < 1.29 is 39.1 Å². The number of halogens is 2. The first-order chi connectivity index (χ1) is 16.2. The van der Waals surface area contributed by atoms with E-state index in [0.29, 0.717) is 27.0 Å². The lowest BCUT2D eigenvalue weighted by Gasteiger charge is -2.38. The van der Waals surface area contributed by atoms with Gasteiger partial charge in [0, 0.05) is 5.69 Å². The number of aliphatic hydroxyl groups excluding tert-OH is 3. The minimum Gasteiger partial charge on any atom is -0.459 e. The molecule has 1 aliphatic rings. The number of ether oxygens (including phenoxy) is 3. The molecule has 34 heavy (non-hydrogen) atoms. The molecule has 1 fully saturated rings. The van der Waals surface area contributed by atoms with E-state index in [0.717, 1.165) is 0 Å². The summed E-state index contributed by atoms with van der Waals surface area (Å²) in [5, 5.41) is 34.2. The van der Waals surface area contributed by atoms with Crippen LogP contribution < -0.4 is 5.32 Å². The van der Waals surface area contributed by atoms with E-state index in [1.165, 1.54) is 6.08 Å². The lowest BCUT2D eigenvalue weighted by atomic mass is 9.99. The van der Waals surface area contributed by atoms with Crippen LogP contribution in [0.3, 0.4) is 0 Å². The molecule has 0 spiro atoms. The summed E-state index contributed by atoms with van der Waals surface area (Å²) in [5.74, 6) is -1.84. The second-order valence-electron chi connectivity index (χ2n) is 7.36. The fourth-order valence-electron chi connectivity index (χ4n) is 3.24. The Labute approximate surface area is 205 Å². The summed E-state index contributed by atoms with van der Waals surface area (Å²) in [7, 11) is 0. The zero-order chi connectivity index (χ0) is 24.8. The number of hydrogen-bond donors (Lipinski definition) is 4. The van der Waals surface area contributed by atoms with Crippen LogP contribution in [0.1, 0.15) is 5.56 Å². The van der Waals surface area contributed by atoms with Gasteiger partial charge >= 0.3 is 11.9 Å². The van der Waals surface area contributed by atoms with Crippen LogP contribution in [0.5, 0.6) is 0 Å². The maximum absolute atomic E-state index is 12.6. The Morgan fingerprint density at radius 3 is 2.38 bits per heavy atom. The molecule has 4 N–H and O–H groups in total. The number of carbonyl (C=O) groups excluding carboxylic acids is 2. The van der Waals surface area contributed by atoms with Gasteiger partial charge in [0.2, 0.25) is 6.29 Å². The van der Waals surface area contributed by atoms with Gasteiger partial charge in [-0.1, -0.05) is 60.1 Å². The highest BCUT2D eigenvalue weighted by Gasteiger charge is 2.49. The van der Waals surface area contributed by atoms with Gasteiger partial charge in [-0.3, -0.25) is 4.79 Å². The quantitative estimate of drug-likeness (QED) is 0.311. The molecule has 0 bridgehead atoms. The first-order valence-electron chi connectivity index (χ1n) is 10.2. The van der Waals surface area contributed by atoms with E-state index in [2.05, 4.69) is 11.9 Å². The average Bonchev–Trinajstić information content (AvgIpc) is 2.81. The summed E-state index contributed by atoms with van der Waals surface area (Å²) in [6, 6.07) is 11.8. The fraction of sp³-hybridized carbons (Fsp3) is 0.304. The van der Waals surface area contributed by atoms with Gasteiger partial charge < -0.3 is 34.8 Å². The summed E-state index contributed by atoms with van der Waals surface area (Å²) in [6.07, 6.45) is -7.74. The van der Waals surface area contributed by atoms with Gasteiger partial charge in [0.25, 0.3) is 0 Å². The van der Waals surface area contributed by atoms with Crippen LogP contribution in [0.15, 0.2) is 55.1 Å². The summed E-state index contributed by atoms with van der Waals surface area (Å²) in [5.41, 5.74) is 1.49. The topological polar surface area (TPSA) is 135 Å². The van der Waals surface area contributed by atoms with E-state index in [1.807, 2.05) is 0 Å². The van der Waals surface area contributed by atoms with Crippen molar-refractivity contribution in [2.24, 2.45) is 0 Å². The van der Waals surface area contributed by atoms with E-state index in [4.69, 9.17) is 37.4 Å². The van der Waals surface area contributed by atoms with Crippen LogP contribution in [-0.2, 0) is 30.2 Å². The lowest BCUT2D eigenvalue weighted by molar-refractivity contribution is -0.287. The van der Waals surface area contributed by atoms with Gasteiger partial charge in [0.15, 0.2) is 6.10 Å². The third-order valence-corrected chi connectivity index (χ3v) is 5.60. The molecule has 0 unspecified atom stereocenters. The zero-order valence-corrected chi connectivity index (χ0v) is 19.3. The molecule has 5 atom stereocenters. The molecule has 11 heteroatoms. The first-order valence-corrected chi connectivity index (χ1v) is 10.9. The second-order valence-corrected chi connectivity index (χ2v) is 8.18. The van der Waals surface area contributed by atoms with Crippen molar-refractivity contribution in [1.82, 2.24) is 0 Å². The summed E-state index contributed by atoms with van der Waals surface area (Å²) in [6.45, 7) is 3.24. The third-order valence-electron chi connectivity index (χ3n) is 4.97.